The summed E-state index contributed by atoms with van der Waals surface area (Å²) >= 11 is 3.20. The van der Waals surface area contributed by atoms with Gasteiger partial charge < -0.3 is 10.1 Å². The van der Waals surface area contributed by atoms with E-state index in [1.807, 2.05) is 0 Å². The summed E-state index contributed by atoms with van der Waals surface area (Å²) in [4.78, 5) is 27.8. The predicted molar refractivity (Wildman–Crippen MR) is 86.6 cm³/mol. The molecule has 1 atom stereocenters. The maximum Gasteiger partial charge on any atom is 0.340 e. The third-order valence-electron chi connectivity index (χ3n) is 3.03. The molecule has 0 spiro atoms. The zero-order valence-corrected chi connectivity index (χ0v) is 14.1. The van der Waals surface area contributed by atoms with E-state index in [-0.39, 0.29) is 5.56 Å². The number of carbonyl (C=O) groups is 2. The van der Waals surface area contributed by atoms with Crippen molar-refractivity contribution in [1.29, 1.82) is 0 Å². The lowest BCUT2D eigenvalue weighted by Crippen LogP contribution is -2.30. The van der Waals surface area contributed by atoms with Gasteiger partial charge in [-0.1, -0.05) is 6.07 Å². The van der Waals surface area contributed by atoms with E-state index in [1.165, 1.54) is 31.5 Å². The number of hydrogen-bond donors (Lipinski definition) is 1. The van der Waals surface area contributed by atoms with E-state index >= 15 is 0 Å². The Morgan fingerprint density at radius 3 is 2.70 bits per heavy atom. The van der Waals surface area contributed by atoms with Gasteiger partial charge in [0.25, 0.3) is 5.91 Å². The lowest BCUT2D eigenvalue weighted by Gasteiger charge is -2.14. The number of aromatic nitrogens is 1. The molecule has 2 aromatic rings. The van der Waals surface area contributed by atoms with Crippen molar-refractivity contribution in [2.45, 2.75) is 20.0 Å². The topological polar surface area (TPSA) is 68.3 Å². The Kier molecular flexibility index (Phi) is 5.44. The first kappa shape index (κ1) is 17.1. The van der Waals surface area contributed by atoms with Crippen LogP contribution in [-0.2, 0) is 9.53 Å². The summed E-state index contributed by atoms with van der Waals surface area (Å²) in [7, 11) is 0. The van der Waals surface area contributed by atoms with E-state index < -0.39 is 23.8 Å². The number of rotatable bonds is 4. The van der Waals surface area contributed by atoms with Gasteiger partial charge in [0.05, 0.1) is 5.56 Å². The summed E-state index contributed by atoms with van der Waals surface area (Å²) in [5.74, 6) is -1.64. The molecule has 0 aliphatic carbocycles. The third kappa shape index (κ3) is 4.59. The number of pyridine rings is 1. The Morgan fingerprint density at radius 2 is 2.04 bits per heavy atom. The molecule has 1 aromatic carbocycles. The number of ether oxygens (including phenoxy) is 1. The van der Waals surface area contributed by atoms with Crippen molar-refractivity contribution in [2.75, 3.05) is 5.32 Å². The van der Waals surface area contributed by atoms with Crippen LogP contribution >= 0.6 is 15.9 Å². The van der Waals surface area contributed by atoms with E-state index in [0.29, 0.717) is 15.7 Å². The highest BCUT2D eigenvalue weighted by molar-refractivity contribution is 9.10. The van der Waals surface area contributed by atoms with Crippen LogP contribution in [0.4, 0.5) is 10.1 Å². The summed E-state index contributed by atoms with van der Waals surface area (Å²) in [6.07, 6.45) is 1.83. The number of nitrogens with zero attached hydrogens (tertiary/aromatic N) is 1. The molecule has 0 aliphatic rings. The molecule has 5 nitrogen and oxygen atoms in total. The lowest BCUT2D eigenvalue weighted by atomic mass is 10.2. The molecule has 0 radical (unpaired) electrons. The minimum Gasteiger partial charge on any atom is -0.449 e. The van der Waals surface area contributed by atoms with Gasteiger partial charge in [-0.3, -0.25) is 9.78 Å². The van der Waals surface area contributed by atoms with Crippen LogP contribution in [-0.4, -0.2) is 23.0 Å². The highest BCUT2D eigenvalue weighted by Crippen LogP contribution is 2.15. The van der Waals surface area contributed by atoms with Crippen LogP contribution < -0.4 is 5.32 Å². The summed E-state index contributed by atoms with van der Waals surface area (Å²) < 4.78 is 19.2. The number of hydrogen-bond acceptors (Lipinski definition) is 4. The molecule has 120 valence electrons. The molecule has 23 heavy (non-hydrogen) atoms. The molecule has 7 heteroatoms. The predicted octanol–water partition coefficient (Wildman–Crippen LogP) is 3.48. The van der Waals surface area contributed by atoms with E-state index in [4.69, 9.17) is 4.74 Å². The fourth-order valence-electron chi connectivity index (χ4n) is 1.72. The first-order chi connectivity index (χ1) is 10.9. The Balaban J connectivity index is 1.99. The highest BCUT2D eigenvalue weighted by Gasteiger charge is 2.19. The number of carbonyl (C=O) groups excluding carboxylic acids is 2. The van der Waals surface area contributed by atoms with Gasteiger partial charge in [-0.05, 0) is 53.5 Å². The van der Waals surface area contributed by atoms with Gasteiger partial charge in [0.15, 0.2) is 6.10 Å². The van der Waals surface area contributed by atoms with Gasteiger partial charge in [-0.25, -0.2) is 9.18 Å². The van der Waals surface area contributed by atoms with Crippen LogP contribution in [0.2, 0.25) is 0 Å². The lowest BCUT2D eigenvalue weighted by molar-refractivity contribution is -0.123. The van der Waals surface area contributed by atoms with Gasteiger partial charge in [0.2, 0.25) is 0 Å². The molecule has 0 bridgehead atoms. The fraction of sp³-hybridized carbons (Fsp3) is 0.188. The summed E-state index contributed by atoms with van der Waals surface area (Å²) in [6.45, 7) is 3.06. The standard InChI is InChI=1S/C16H14BrFN2O3/c1-9-3-4-13(6-14(9)18)20-15(21)10(2)23-16(22)11-5-12(17)8-19-7-11/h3-8,10H,1-2H3,(H,20,21). The number of benzene rings is 1. The first-order valence-corrected chi connectivity index (χ1v) is 7.54. The quantitative estimate of drug-likeness (QED) is 0.824. The Hall–Kier alpha value is -2.28. The second-order valence-electron chi connectivity index (χ2n) is 4.89. The Labute approximate surface area is 141 Å². The van der Waals surface area contributed by atoms with Crippen LogP contribution in [0.1, 0.15) is 22.8 Å². The van der Waals surface area contributed by atoms with Crippen molar-refractivity contribution < 1.29 is 18.7 Å². The first-order valence-electron chi connectivity index (χ1n) is 6.75. The van der Waals surface area contributed by atoms with Crippen molar-refractivity contribution in [3.63, 3.8) is 0 Å². The second kappa shape index (κ2) is 7.32. The summed E-state index contributed by atoms with van der Waals surface area (Å²) in [5, 5.41) is 2.50. The minimum atomic E-state index is -1.04. The third-order valence-corrected chi connectivity index (χ3v) is 3.47. The maximum atomic E-state index is 13.5. The number of esters is 1. The average Bonchev–Trinajstić information content (AvgIpc) is 2.50. The molecule has 2 rings (SSSR count). The fourth-order valence-corrected chi connectivity index (χ4v) is 2.08. The van der Waals surface area contributed by atoms with Gasteiger partial charge in [-0.15, -0.1) is 0 Å². The second-order valence-corrected chi connectivity index (χ2v) is 5.81. The number of aryl methyl sites for hydroxylation is 1. The van der Waals surface area contributed by atoms with Gasteiger partial charge in [0, 0.05) is 22.6 Å². The molecular formula is C16H14BrFN2O3. The molecule has 0 fully saturated rings. The molecule has 1 heterocycles. The van der Waals surface area contributed by atoms with E-state index in [2.05, 4.69) is 26.2 Å². The zero-order chi connectivity index (χ0) is 17.0. The number of amides is 1. The molecular weight excluding hydrogens is 367 g/mol. The zero-order valence-electron chi connectivity index (χ0n) is 12.5. The Morgan fingerprint density at radius 1 is 1.30 bits per heavy atom. The van der Waals surface area contributed by atoms with Gasteiger partial charge >= 0.3 is 5.97 Å². The number of nitrogens with one attached hydrogen (secondary N) is 1. The van der Waals surface area contributed by atoms with Gasteiger partial charge in [-0.2, -0.15) is 0 Å². The van der Waals surface area contributed by atoms with Crippen LogP contribution in [0.5, 0.6) is 0 Å². The smallest absolute Gasteiger partial charge is 0.340 e. The molecule has 1 N–H and O–H groups in total. The number of halogens is 2. The van der Waals surface area contributed by atoms with Crippen LogP contribution in [0, 0.1) is 12.7 Å². The average molecular weight is 381 g/mol. The van der Waals surface area contributed by atoms with Crippen molar-refractivity contribution in [3.8, 4) is 0 Å². The molecule has 1 aromatic heterocycles. The van der Waals surface area contributed by atoms with Crippen molar-refractivity contribution >= 4 is 33.5 Å². The maximum absolute atomic E-state index is 13.5. The Bertz CT molecular complexity index is 752. The van der Waals surface area contributed by atoms with Crippen molar-refractivity contribution in [3.05, 3.63) is 58.1 Å². The summed E-state index contributed by atoms with van der Waals surface area (Å²) in [6, 6.07) is 5.87. The van der Waals surface area contributed by atoms with Crippen LogP contribution in [0.3, 0.4) is 0 Å². The van der Waals surface area contributed by atoms with Crippen LogP contribution in [0.15, 0.2) is 41.1 Å². The van der Waals surface area contributed by atoms with Gasteiger partial charge in [0.1, 0.15) is 5.82 Å². The molecule has 0 saturated heterocycles. The molecule has 1 amide bonds. The largest absolute Gasteiger partial charge is 0.449 e. The number of anilines is 1. The van der Waals surface area contributed by atoms with Crippen LogP contribution in [0.25, 0.3) is 0 Å². The molecule has 0 saturated carbocycles. The normalized spacial score (nSPS) is 11.7. The minimum absolute atomic E-state index is 0.223. The van der Waals surface area contributed by atoms with Crippen molar-refractivity contribution in [2.24, 2.45) is 0 Å². The monoisotopic (exact) mass is 380 g/mol. The van der Waals surface area contributed by atoms with Crippen molar-refractivity contribution in [1.82, 2.24) is 4.98 Å². The van der Waals surface area contributed by atoms with E-state index in [9.17, 15) is 14.0 Å². The molecule has 0 aliphatic heterocycles. The highest BCUT2D eigenvalue weighted by atomic mass is 79.9. The van der Waals surface area contributed by atoms with E-state index in [1.54, 1.807) is 19.1 Å². The molecule has 1 unspecified atom stereocenters. The summed E-state index contributed by atoms with van der Waals surface area (Å²) in [5.41, 5.74) is 0.996. The van der Waals surface area contributed by atoms with E-state index in [0.717, 1.165) is 0 Å². The SMILES string of the molecule is Cc1ccc(NC(=O)C(C)OC(=O)c2cncc(Br)c2)cc1F.